The second-order valence-electron chi connectivity index (χ2n) is 4.16. The molecule has 1 aromatic carbocycles. The Labute approximate surface area is 101 Å². The van der Waals surface area contributed by atoms with Crippen molar-refractivity contribution in [1.82, 2.24) is 4.31 Å². The van der Waals surface area contributed by atoms with Crippen molar-refractivity contribution in [3.05, 3.63) is 34.9 Å². The molecule has 1 aromatic rings. The number of rotatable bonds is 2. The number of hydrogen-bond donors (Lipinski definition) is 0. The quantitative estimate of drug-likeness (QED) is 0.816. The van der Waals surface area contributed by atoms with E-state index in [1.165, 1.54) is 10.6 Å². The van der Waals surface area contributed by atoms with Gasteiger partial charge in [0.05, 0.1) is 6.26 Å². The van der Waals surface area contributed by atoms with Crippen molar-refractivity contribution < 1.29 is 8.42 Å². The maximum Gasteiger partial charge on any atom is 0.211 e. The lowest BCUT2D eigenvalue weighted by molar-refractivity contribution is 0.478. The largest absolute Gasteiger partial charge is 0.213 e. The molecule has 1 aliphatic heterocycles. The van der Waals surface area contributed by atoms with Crippen LogP contribution in [0.5, 0.6) is 0 Å². The zero-order valence-electron chi connectivity index (χ0n) is 9.06. The number of hydrogen-bond acceptors (Lipinski definition) is 2. The minimum absolute atomic E-state index is 0.298. The highest BCUT2D eigenvalue weighted by atomic mass is 35.5. The molecule has 0 aliphatic carbocycles. The van der Waals surface area contributed by atoms with Gasteiger partial charge in [-0.3, -0.25) is 0 Å². The Kier molecular flexibility index (Phi) is 3.24. The summed E-state index contributed by atoms with van der Waals surface area (Å²) in [4.78, 5) is 0. The van der Waals surface area contributed by atoms with Crippen molar-refractivity contribution in [3.63, 3.8) is 0 Å². The molecule has 0 amide bonds. The van der Waals surface area contributed by atoms with Crippen molar-refractivity contribution in [1.29, 1.82) is 0 Å². The van der Waals surface area contributed by atoms with Gasteiger partial charge < -0.3 is 0 Å². The highest BCUT2D eigenvalue weighted by Crippen LogP contribution is 2.29. The summed E-state index contributed by atoms with van der Waals surface area (Å²) in [7, 11) is -3.04. The van der Waals surface area contributed by atoms with E-state index in [9.17, 15) is 8.42 Å². The Balaban J connectivity index is 2.12. The normalized spacial score (nSPS) is 22.5. The Morgan fingerprint density at radius 3 is 2.44 bits per heavy atom. The highest BCUT2D eigenvalue weighted by molar-refractivity contribution is 7.88. The fraction of sp³-hybridized carbons (Fsp3) is 0.455. The highest BCUT2D eigenvalue weighted by Gasteiger charge is 2.29. The molecule has 0 aromatic heterocycles. The van der Waals surface area contributed by atoms with Crippen LogP contribution in [0.25, 0.3) is 0 Å². The summed E-state index contributed by atoms with van der Waals surface area (Å²) in [5.74, 6) is 0.298. The molecule has 1 atom stereocenters. The van der Waals surface area contributed by atoms with E-state index in [0.29, 0.717) is 24.0 Å². The molecule has 1 unspecified atom stereocenters. The van der Waals surface area contributed by atoms with Gasteiger partial charge in [-0.15, -0.1) is 0 Å². The molecule has 2 rings (SSSR count). The van der Waals surface area contributed by atoms with Crippen LogP contribution in [0.15, 0.2) is 24.3 Å². The first-order valence-electron chi connectivity index (χ1n) is 5.17. The summed E-state index contributed by atoms with van der Waals surface area (Å²) in [5, 5.41) is 0.710. The Morgan fingerprint density at radius 1 is 1.31 bits per heavy atom. The fourth-order valence-electron chi connectivity index (χ4n) is 2.04. The minimum atomic E-state index is -3.04. The topological polar surface area (TPSA) is 37.4 Å². The van der Waals surface area contributed by atoms with Gasteiger partial charge in [0.15, 0.2) is 0 Å². The van der Waals surface area contributed by atoms with Crippen molar-refractivity contribution in [3.8, 4) is 0 Å². The zero-order chi connectivity index (χ0) is 11.8. The van der Waals surface area contributed by atoms with Crippen LogP contribution in [-0.2, 0) is 10.0 Å². The van der Waals surface area contributed by atoms with Crippen LogP contribution in [-0.4, -0.2) is 32.1 Å². The lowest BCUT2D eigenvalue weighted by Gasteiger charge is -2.13. The fourth-order valence-corrected chi connectivity index (χ4v) is 3.05. The van der Waals surface area contributed by atoms with E-state index in [2.05, 4.69) is 0 Å². The molecule has 0 bridgehead atoms. The third-order valence-electron chi connectivity index (χ3n) is 2.96. The molecular weight excluding hydrogens is 246 g/mol. The van der Waals surface area contributed by atoms with Gasteiger partial charge in [-0.1, -0.05) is 23.7 Å². The average molecular weight is 260 g/mol. The summed E-state index contributed by atoms with van der Waals surface area (Å²) < 4.78 is 24.3. The van der Waals surface area contributed by atoms with Crippen LogP contribution in [0.4, 0.5) is 0 Å². The lowest BCUT2D eigenvalue weighted by atomic mass is 9.99. The molecule has 0 saturated carbocycles. The van der Waals surface area contributed by atoms with Crippen LogP contribution < -0.4 is 0 Å². The number of nitrogens with zero attached hydrogens (tertiary/aromatic N) is 1. The Hall–Kier alpha value is -0.580. The summed E-state index contributed by atoms with van der Waals surface area (Å²) in [6, 6.07) is 7.64. The van der Waals surface area contributed by atoms with Crippen molar-refractivity contribution in [2.24, 2.45) is 0 Å². The molecule has 5 heteroatoms. The van der Waals surface area contributed by atoms with Crippen molar-refractivity contribution >= 4 is 21.6 Å². The minimum Gasteiger partial charge on any atom is -0.213 e. The van der Waals surface area contributed by atoms with Gasteiger partial charge in [-0.25, -0.2) is 12.7 Å². The second-order valence-corrected chi connectivity index (χ2v) is 6.58. The molecule has 1 saturated heterocycles. The SMILES string of the molecule is CS(=O)(=O)N1CCC(c2ccc(Cl)cc2)C1. The van der Waals surface area contributed by atoms with Crippen LogP contribution in [0, 0.1) is 0 Å². The van der Waals surface area contributed by atoms with E-state index in [1.807, 2.05) is 24.3 Å². The van der Waals surface area contributed by atoms with Gasteiger partial charge in [0, 0.05) is 18.1 Å². The Morgan fingerprint density at radius 2 is 1.94 bits per heavy atom. The molecule has 0 N–H and O–H groups in total. The third-order valence-corrected chi connectivity index (χ3v) is 4.48. The van der Waals surface area contributed by atoms with Crippen molar-refractivity contribution in [2.75, 3.05) is 19.3 Å². The van der Waals surface area contributed by atoms with E-state index in [4.69, 9.17) is 11.6 Å². The van der Waals surface area contributed by atoms with Gasteiger partial charge in [-0.2, -0.15) is 0 Å². The molecule has 88 valence electrons. The van der Waals surface area contributed by atoms with Crippen molar-refractivity contribution in [2.45, 2.75) is 12.3 Å². The summed E-state index contributed by atoms with van der Waals surface area (Å²) >= 11 is 5.81. The first-order chi connectivity index (χ1) is 7.47. The van der Waals surface area contributed by atoms with Gasteiger partial charge >= 0.3 is 0 Å². The summed E-state index contributed by atoms with van der Waals surface area (Å²) in [6.07, 6.45) is 2.14. The molecular formula is C11H14ClNO2S. The predicted octanol–water partition coefficient (Wildman–Crippen LogP) is 2.09. The van der Waals surface area contributed by atoms with E-state index in [0.717, 1.165) is 12.0 Å². The molecule has 16 heavy (non-hydrogen) atoms. The summed E-state index contributed by atoms with van der Waals surface area (Å²) in [5.41, 5.74) is 1.16. The first-order valence-corrected chi connectivity index (χ1v) is 7.40. The number of halogens is 1. The molecule has 1 heterocycles. The molecule has 1 fully saturated rings. The summed E-state index contributed by atoms with van der Waals surface area (Å²) in [6.45, 7) is 1.20. The van der Waals surface area contributed by atoms with Crippen LogP contribution in [0.3, 0.4) is 0 Å². The standard InChI is InChI=1S/C11H14ClNO2S/c1-16(14,15)13-7-6-10(8-13)9-2-4-11(12)5-3-9/h2-5,10H,6-8H2,1H3. The molecule has 3 nitrogen and oxygen atoms in total. The van der Waals surface area contributed by atoms with Crippen LogP contribution in [0.1, 0.15) is 17.9 Å². The number of benzene rings is 1. The van der Waals surface area contributed by atoms with E-state index < -0.39 is 10.0 Å². The monoisotopic (exact) mass is 259 g/mol. The van der Waals surface area contributed by atoms with E-state index >= 15 is 0 Å². The van der Waals surface area contributed by atoms with Gasteiger partial charge in [-0.05, 0) is 30.0 Å². The van der Waals surface area contributed by atoms with Crippen LogP contribution >= 0.6 is 11.6 Å². The predicted molar refractivity (Wildman–Crippen MR) is 65.2 cm³/mol. The zero-order valence-corrected chi connectivity index (χ0v) is 10.6. The third kappa shape index (κ3) is 2.56. The molecule has 0 radical (unpaired) electrons. The maximum absolute atomic E-state index is 11.4. The lowest BCUT2D eigenvalue weighted by Crippen LogP contribution is -2.27. The van der Waals surface area contributed by atoms with Gasteiger partial charge in [0.25, 0.3) is 0 Å². The first kappa shape index (κ1) is 11.9. The van der Waals surface area contributed by atoms with Crippen LogP contribution in [0.2, 0.25) is 5.02 Å². The molecule has 1 aliphatic rings. The maximum atomic E-state index is 11.4. The average Bonchev–Trinajstić information content (AvgIpc) is 2.67. The second kappa shape index (κ2) is 4.35. The molecule has 0 spiro atoms. The van der Waals surface area contributed by atoms with E-state index in [-0.39, 0.29) is 0 Å². The van der Waals surface area contributed by atoms with Gasteiger partial charge in [0.2, 0.25) is 10.0 Å². The van der Waals surface area contributed by atoms with E-state index in [1.54, 1.807) is 0 Å². The smallest absolute Gasteiger partial charge is 0.211 e. The number of sulfonamides is 1. The van der Waals surface area contributed by atoms with Gasteiger partial charge in [0.1, 0.15) is 0 Å². The Bertz CT molecular complexity index is 469.